The van der Waals surface area contributed by atoms with E-state index in [-0.39, 0.29) is 18.7 Å². The molecule has 0 radical (unpaired) electrons. The number of methoxy groups -OCH3 is 1. The maximum Gasteiger partial charge on any atom is 0.435 e. The Labute approximate surface area is 134 Å². The lowest BCUT2D eigenvalue weighted by molar-refractivity contribution is -0.143. The minimum absolute atomic E-state index is 0.117. The molecular weight excluding hydrogens is 329 g/mol. The van der Waals surface area contributed by atoms with Crippen molar-refractivity contribution >= 4 is 11.9 Å². The largest absolute Gasteiger partial charge is 0.469 e. The summed E-state index contributed by atoms with van der Waals surface area (Å²) in [7, 11) is 1.16. The lowest BCUT2D eigenvalue weighted by Crippen LogP contribution is -2.29. The highest BCUT2D eigenvalue weighted by Gasteiger charge is 2.41. The Bertz CT molecular complexity index is 729. The highest BCUT2D eigenvalue weighted by molar-refractivity contribution is 5.93. The van der Waals surface area contributed by atoms with Crippen LogP contribution in [0.25, 0.3) is 5.69 Å². The van der Waals surface area contributed by atoms with Crippen molar-refractivity contribution in [1.29, 1.82) is 0 Å². The average Bonchev–Trinajstić information content (AvgIpc) is 3.00. The van der Waals surface area contributed by atoms with Gasteiger partial charge in [-0.1, -0.05) is 23.4 Å². The normalized spacial score (nSPS) is 11.2. The number of benzene rings is 1. The van der Waals surface area contributed by atoms with Crippen molar-refractivity contribution in [2.45, 2.75) is 12.6 Å². The maximum atomic E-state index is 13.3. The number of carbonyl (C=O) groups excluding carboxylic acids is 2. The van der Waals surface area contributed by atoms with Crippen molar-refractivity contribution in [3.8, 4) is 5.69 Å². The molecule has 0 aliphatic heterocycles. The van der Waals surface area contributed by atoms with Crippen LogP contribution < -0.4 is 5.32 Å². The van der Waals surface area contributed by atoms with Gasteiger partial charge >= 0.3 is 12.1 Å². The number of ether oxygens (including phenoxy) is 1. The third-order valence-electron chi connectivity index (χ3n) is 3.00. The molecule has 0 aliphatic rings. The number of esters is 1. The molecule has 1 amide bonds. The van der Waals surface area contributed by atoms with Crippen LogP contribution in [-0.2, 0) is 15.7 Å². The molecular formula is C14H13F3N4O3. The molecule has 1 heterocycles. The van der Waals surface area contributed by atoms with Crippen LogP contribution in [0.4, 0.5) is 13.2 Å². The van der Waals surface area contributed by atoms with Gasteiger partial charge < -0.3 is 10.1 Å². The van der Waals surface area contributed by atoms with Crippen LogP contribution >= 0.6 is 0 Å². The van der Waals surface area contributed by atoms with Gasteiger partial charge in [0, 0.05) is 6.54 Å². The number of hydrogen-bond acceptors (Lipinski definition) is 5. The van der Waals surface area contributed by atoms with E-state index in [1.807, 2.05) is 0 Å². The van der Waals surface area contributed by atoms with Crippen molar-refractivity contribution in [2.75, 3.05) is 13.7 Å². The highest BCUT2D eigenvalue weighted by Crippen LogP contribution is 2.32. The Kier molecular flexibility index (Phi) is 5.17. The number of hydrogen-bond donors (Lipinski definition) is 1. The van der Waals surface area contributed by atoms with E-state index in [0.717, 1.165) is 7.11 Å². The molecule has 7 nitrogen and oxygen atoms in total. The molecule has 0 spiro atoms. The molecule has 1 aromatic carbocycles. The minimum Gasteiger partial charge on any atom is -0.469 e. The molecule has 0 saturated heterocycles. The fourth-order valence-corrected chi connectivity index (χ4v) is 1.90. The molecule has 2 aromatic rings. The summed E-state index contributed by atoms with van der Waals surface area (Å²) < 4.78 is 44.9. The van der Waals surface area contributed by atoms with Gasteiger partial charge in [-0.2, -0.15) is 13.2 Å². The monoisotopic (exact) mass is 342 g/mol. The average molecular weight is 342 g/mol. The predicted octanol–water partition coefficient (Wildman–Crippen LogP) is 1.58. The Morgan fingerprint density at radius 1 is 1.25 bits per heavy atom. The fraction of sp³-hybridized carbons (Fsp3) is 0.286. The third kappa shape index (κ3) is 3.89. The van der Waals surface area contributed by atoms with Gasteiger partial charge in [-0.3, -0.25) is 9.59 Å². The fourth-order valence-electron chi connectivity index (χ4n) is 1.90. The molecule has 0 unspecified atom stereocenters. The lowest BCUT2D eigenvalue weighted by atomic mass is 10.2. The Hall–Kier alpha value is -2.91. The van der Waals surface area contributed by atoms with E-state index < -0.39 is 29.4 Å². The summed E-state index contributed by atoms with van der Waals surface area (Å²) in [6.45, 7) is -0.180. The zero-order chi connectivity index (χ0) is 17.7. The number of nitrogens with zero attached hydrogens (tertiary/aromatic N) is 3. The molecule has 0 saturated carbocycles. The number of rotatable bonds is 5. The summed E-state index contributed by atoms with van der Waals surface area (Å²) in [5, 5.41) is 8.95. The van der Waals surface area contributed by atoms with Crippen LogP contribution in [0.15, 0.2) is 30.3 Å². The summed E-state index contributed by atoms with van der Waals surface area (Å²) in [4.78, 5) is 22.9. The minimum atomic E-state index is -4.84. The van der Waals surface area contributed by atoms with Gasteiger partial charge in [0.15, 0.2) is 11.4 Å². The summed E-state index contributed by atoms with van der Waals surface area (Å²) in [6.07, 6.45) is -5.01. The first-order valence-corrected chi connectivity index (χ1v) is 6.78. The van der Waals surface area contributed by atoms with Gasteiger partial charge in [0.1, 0.15) is 0 Å². The highest BCUT2D eigenvalue weighted by atomic mass is 19.4. The van der Waals surface area contributed by atoms with Gasteiger partial charge in [0.2, 0.25) is 0 Å². The van der Waals surface area contributed by atoms with Crippen molar-refractivity contribution in [1.82, 2.24) is 20.3 Å². The van der Waals surface area contributed by atoms with Crippen molar-refractivity contribution in [2.24, 2.45) is 0 Å². The number of halogens is 3. The zero-order valence-corrected chi connectivity index (χ0v) is 12.5. The second-order valence-corrected chi connectivity index (χ2v) is 4.61. The van der Waals surface area contributed by atoms with E-state index in [0.29, 0.717) is 4.68 Å². The van der Waals surface area contributed by atoms with Gasteiger partial charge in [-0.15, -0.1) is 5.10 Å². The molecule has 0 aliphatic carbocycles. The molecule has 128 valence electrons. The van der Waals surface area contributed by atoms with E-state index in [4.69, 9.17) is 0 Å². The topological polar surface area (TPSA) is 86.1 Å². The molecule has 24 heavy (non-hydrogen) atoms. The molecule has 0 bridgehead atoms. The van der Waals surface area contributed by atoms with Crippen LogP contribution in [0.2, 0.25) is 0 Å². The number of alkyl halides is 3. The number of amides is 1. The van der Waals surface area contributed by atoms with Gasteiger partial charge in [0.05, 0.1) is 19.2 Å². The van der Waals surface area contributed by atoms with E-state index in [1.54, 1.807) is 6.07 Å². The van der Waals surface area contributed by atoms with Gasteiger partial charge in [-0.25, -0.2) is 4.68 Å². The molecule has 1 N–H and O–H groups in total. The van der Waals surface area contributed by atoms with Gasteiger partial charge in [0.25, 0.3) is 5.91 Å². The third-order valence-corrected chi connectivity index (χ3v) is 3.00. The van der Waals surface area contributed by atoms with Crippen LogP contribution in [0.5, 0.6) is 0 Å². The number of carbonyl (C=O) groups is 2. The van der Waals surface area contributed by atoms with Crippen molar-refractivity contribution in [3.05, 3.63) is 41.7 Å². The first-order valence-electron chi connectivity index (χ1n) is 6.78. The second-order valence-electron chi connectivity index (χ2n) is 4.61. The van der Waals surface area contributed by atoms with Crippen molar-refractivity contribution in [3.63, 3.8) is 0 Å². The first-order chi connectivity index (χ1) is 11.3. The quantitative estimate of drug-likeness (QED) is 0.834. The van der Waals surface area contributed by atoms with Crippen LogP contribution in [0.1, 0.15) is 22.6 Å². The lowest BCUT2D eigenvalue weighted by Gasteiger charge is -2.11. The maximum absolute atomic E-state index is 13.3. The number of aromatic nitrogens is 3. The van der Waals surface area contributed by atoms with E-state index >= 15 is 0 Å². The van der Waals surface area contributed by atoms with E-state index in [9.17, 15) is 22.8 Å². The predicted molar refractivity (Wildman–Crippen MR) is 75.3 cm³/mol. The summed E-state index contributed by atoms with van der Waals surface area (Å²) in [6, 6.07) is 7.51. The van der Waals surface area contributed by atoms with Crippen LogP contribution in [0.3, 0.4) is 0 Å². The zero-order valence-electron chi connectivity index (χ0n) is 12.5. The van der Waals surface area contributed by atoms with E-state index in [1.165, 1.54) is 24.3 Å². The summed E-state index contributed by atoms with van der Waals surface area (Å²) in [5.41, 5.74) is -2.04. The molecule has 0 fully saturated rings. The van der Waals surface area contributed by atoms with Crippen LogP contribution in [0, 0.1) is 0 Å². The summed E-state index contributed by atoms with van der Waals surface area (Å²) >= 11 is 0. The Balaban J connectivity index is 2.29. The van der Waals surface area contributed by atoms with Crippen LogP contribution in [-0.4, -0.2) is 40.5 Å². The molecule has 0 atom stereocenters. The molecule has 10 heteroatoms. The smallest absolute Gasteiger partial charge is 0.435 e. The Morgan fingerprint density at radius 2 is 1.92 bits per heavy atom. The second kappa shape index (κ2) is 7.11. The standard InChI is InChI=1S/C14H13F3N4O3/c1-24-10(22)7-8-18-13(23)11-12(14(15,16)17)21(20-19-11)9-5-3-2-4-6-9/h2-6H,7-8H2,1H3,(H,18,23). The number of para-hydroxylation sites is 1. The first kappa shape index (κ1) is 17.4. The van der Waals surface area contributed by atoms with Gasteiger partial charge in [-0.05, 0) is 12.1 Å². The molecule has 2 rings (SSSR count). The van der Waals surface area contributed by atoms with Crippen molar-refractivity contribution < 1.29 is 27.5 Å². The summed E-state index contributed by atoms with van der Waals surface area (Å²) in [5.74, 6) is -1.67. The molecule has 1 aromatic heterocycles. The SMILES string of the molecule is COC(=O)CCNC(=O)c1nnn(-c2ccccc2)c1C(F)(F)F. The number of nitrogens with one attached hydrogen (secondary N) is 1. The Morgan fingerprint density at radius 3 is 2.50 bits per heavy atom. The van der Waals surface area contributed by atoms with E-state index in [2.05, 4.69) is 20.4 Å².